The zero-order valence-corrected chi connectivity index (χ0v) is 28.3. The van der Waals surface area contributed by atoms with E-state index in [0.717, 1.165) is 89.2 Å². The minimum absolute atomic E-state index is 0. The number of rotatable bonds is 4. The zero-order chi connectivity index (χ0) is 31.9. The molecule has 0 aliphatic carbocycles. The van der Waals surface area contributed by atoms with Gasteiger partial charge in [0, 0.05) is 22.8 Å². The fourth-order valence-electron chi connectivity index (χ4n) is 6.05. The van der Waals surface area contributed by atoms with E-state index in [1.807, 2.05) is 109 Å². The molecule has 0 fully saturated rings. The van der Waals surface area contributed by atoms with Crippen LogP contribution in [0.1, 0.15) is 0 Å². The van der Waals surface area contributed by atoms with Crippen LogP contribution in [0, 0.1) is 0 Å². The van der Waals surface area contributed by atoms with Crippen LogP contribution in [0.25, 0.3) is 89.2 Å². The van der Waals surface area contributed by atoms with Gasteiger partial charge in [0.25, 0.3) is 0 Å². The normalized spacial score (nSPS) is 11.1. The molecule has 0 spiro atoms. The van der Waals surface area contributed by atoms with Crippen molar-refractivity contribution in [3.8, 4) is 45.6 Å². The summed E-state index contributed by atoms with van der Waals surface area (Å²) in [6.07, 6.45) is 0. The number of hydrogen-bond donors (Lipinski definition) is 0. The van der Waals surface area contributed by atoms with Gasteiger partial charge in [0.1, 0.15) is 0 Å². The third-order valence-electron chi connectivity index (χ3n) is 8.43. The van der Waals surface area contributed by atoms with Crippen LogP contribution in [0.5, 0.6) is 0 Å². The second-order valence-corrected chi connectivity index (χ2v) is 11.6. The summed E-state index contributed by atoms with van der Waals surface area (Å²) in [4.78, 5) is 28.3. The summed E-state index contributed by atoms with van der Waals surface area (Å²) < 4.78 is 0. The molecule has 0 saturated carbocycles. The minimum Gasteiger partial charge on any atom is -0.656 e. The first kappa shape index (κ1) is 30.4. The maximum absolute atomic E-state index is 4.78. The smallest absolute Gasteiger partial charge is 0.656 e. The molecule has 0 saturated heterocycles. The van der Waals surface area contributed by atoms with E-state index in [1.165, 1.54) is 0 Å². The Hall–Kier alpha value is -5.97. The van der Waals surface area contributed by atoms with Gasteiger partial charge in [-0.2, -0.15) is 0 Å². The third-order valence-corrected chi connectivity index (χ3v) is 8.43. The molecule has 0 bridgehead atoms. The first-order valence-corrected chi connectivity index (χ1v) is 15.8. The maximum Gasteiger partial charge on any atom is 4.00 e. The van der Waals surface area contributed by atoms with E-state index >= 15 is 0 Å². The summed E-state index contributed by atoms with van der Waals surface area (Å²) in [6, 6.07) is 52.8. The summed E-state index contributed by atoms with van der Waals surface area (Å²) in [6.45, 7) is 0. The van der Waals surface area contributed by atoms with Gasteiger partial charge in [-0.05, 0) is 45.8 Å². The number of para-hydroxylation sites is 4. The molecule has 0 aliphatic rings. The van der Waals surface area contributed by atoms with Crippen molar-refractivity contribution in [2.24, 2.45) is 0 Å². The van der Waals surface area contributed by atoms with Gasteiger partial charge in [-0.15, -0.1) is 44.8 Å². The predicted octanol–water partition coefficient (Wildman–Crippen LogP) is 9.27. The van der Waals surface area contributed by atoms with E-state index in [2.05, 4.69) is 68.5 Å². The third kappa shape index (κ3) is 5.99. The van der Waals surface area contributed by atoms with Gasteiger partial charge >= 0.3 is 21.1 Å². The Balaban J connectivity index is 0.000000139. The van der Waals surface area contributed by atoms with Gasteiger partial charge < -0.3 is 19.9 Å². The van der Waals surface area contributed by atoms with Crippen LogP contribution in [0.4, 0.5) is 0 Å². The Morgan fingerprint density at radius 1 is 0.286 bits per heavy atom. The van der Waals surface area contributed by atoms with Crippen LogP contribution in [-0.2, 0) is 21.1 Å². The summed E-state index contributed by atoms with van der Waals surface area (Å²) in [5, 5.41) is 4.54. The quantitative estimate of drug-likeness (QED) is 0.176. The average molecular weight is 810 g/mol. The van der Waals surface area contributed by atoms with Crippen LogP contribution in [0.15, 0.2) is 158 Å². The van der Waals surface area contributed by atoms with Crippen LogP contribution in [0.3, 0.4) is 0 Å². The van der Waals surface area contributed by atoms with E-state index in [9.17, 15) is 0 Å². The minimum atomic E-state index is 0. The van der Waals surface area contributed by atoms with Crippen molar-refractivity contribution in [3.05, 3.63) is 158 Å². The van der Waals surface area contributed by atoms with Crippen molar-refractivity contribution < 1.29 is 21.1 Å². The number of aromatic nitrogens is 6. The van der Waals surface area contributed by atoms with Gasteiger partial charge in [0.2, 0.25) is 0 Å². The van der Waals surface area contributed by atoms with Gasteiger partial charge in [-0.3, -0.25) is 9.97 Å². The largest absolute Gasteiger partial charge is 4.00 e. The molecule has 10 aromatic rings. The van der Waals surface area contributed by atoms with E-state index in [-0.39, 0.29) is 21.1 Å². The molecule has 6 nitrogen and oxygen atoms in total. The molecule has 7 heteroatoms. The molecule has 49 heavy (non-hydrogen) atoms. The van der Waals surface area contributed by atoms with Crippen molar-refractivity contribution >= 4 is 43.6 Å². The first-order valence-electron chi connectivity index (χ1n) is 15.8. The Morgan fingerprint density at radius 2 is 0.531 bits per heavy atom. The molecule has 4 aromatic carbocycles. The summed E-state index contributed by atoms with van der Waals surface area (Å²) in [7, 11) is 0. The van der Waals surface area contributed by atoms with E-state index in [1.54, 1.807) is 0 Å². The van der Waals surface area contributed by atoms with Gasteiger partial charge in [0.05, 0.1) is 0 Å². The summed E-state index contributed by atoms with van der Waals surface area (Å²) >= 11 is 0. The number of fused-ring (bicyclic) bond motifs is 4. The molecule has 234 valence electrons. The molecular formula is C42H26N6Pt. The maximum atomic E-state index is 4.78. The molecule has 0 N–H and O–H groups in total. The number of hydrogen-bond acceptors (Lipinski definition) is 2. The predicted molar refractivity (Wildman–Crippen MR) is 194 cm³/mol. The molecule has 0 radical (unpaired) electrons. The van der Waals surface area contributed by atoms with E-state index in [0.29, 0.717) is 0 Å². The van der Waals surface area contributed by atoms with Crippen molar-refractivity contribution in [3.63, 3.8) is 0 Å². The van der Waals surface area contributed by atoms with Gasteiger partial charge in [-0.25, -0.2) is 0 Å². The second kappa shape index (κ2) is 12.9. The van der Waals surface area contributed by atoms with Crippen molar-refractivity contribution in [1.29, 1.82) is 0 Å². The molecule has 6 heterocycles. The standard InChI is InChI=1S/2C21H13N3.Pt/c2*1-3-8-16-14(6-1)12-20(22-16)18-10-5-11-19(24-18)21-13-15-7-2-4-9-17(15)23-21;/h2*1-13H;/q2*-2;+4. The topological polar surface area (TPSA) is 82.2 Å². The van der Waals surface area contributed by atoms with Crippen LogP contribution >= 0.6 is 0 Å². The number of pyridine rings is 2. The van der Waals surface area contributed by atoms with Gasteiger partial charge in [0.15, 0.2) is 0 Å². The second-order valence-electron chi connectivity index (χ2n) is 11.6. The van der Waals surface area contributed by atoms with Crippen molar-refractivity contribution in [2.45, 2.75) is 0 Å². The fourth-order valence-corrected chi connectivity index (χ4v) is 6.05. The molecule has 6 aromatic heterocycles. The zero-order valence-electron chi connectivity index (χ0n) is 26.0. The Morgan fingerprint density at radius 3 is 0.776 bits per heavy atom. The molecule has 10 rings (SSSR count). The fraction of sp³-hybridized carbons (Fsp3) is 0. The van der Waals surface area contributed by atoms with Crippen LogP contribution in [0.2, 0.25) is 0 Å². The number of benzene rings is 4. The van der Waals surface area contributed by atoms with Crippen molar-refractivity contribution in [1.82, 2.24) is 29.9 Å². The van der Waals surface area contributed by atoms with E-state index < -0.39 is 0 Å². The van der Waals surface area contributed by atoms with Gasteiger partial charge in [-0.1, -0.05) is 133 Å². The van der Waals surface area contributed by atoms with E-state index in [4.69, 9.17) is 9.97 Å². The molecule has 0 aliphatic heterocycles. The molecular weight excluding hydrogens is 784 g/mol. The summed E-state index contributed by atoms with van der Waals surface area (Å²) in [5.74, 6) is 0. The summed E-state index contributed by atoms with van der Waals surface area (Å²) in [5.41, 5.74) is 11.1. The Kier molecular flexibility index (Phi) is 8.00. The number of nitrogens with zero attached hydrogens (tertiary/aromatic N) is 6. The molecule has 0 unspecified atom stereocenters. The van der Waals surface area contributed by atoms with Crippen LogP contribution < -0.4 is 19.9 Å². The average Bonchev–Trinajstić information content (AvgIpc) is 3.95. The Bertz CT molecular complexity index is 2210. The van der Waals surface area contributed by atoms with Crippen molar-refractivity contribution in [2.75, 3.05) is 0 Å². The van der Waals surface area contributed by atoms with Crippen LogP contribution in [-0.4, -0.2) is 9.97 Å². The first-order chi connectivity index (χ1) is 23.7. The molecule has 0 atom stereocenters. The SMILES string of the molecule is [Pt+4].c1cc(-c2cc3ccccc3[n-]2)nc(-c2cc3ccccc3[n-]2)c1.c1cc(-c2cc3ccccc3[n-]2)nc(-c2cc3ccccc3[n-]2)c1. The monoisotopic (exact) mass is 809 g/mol. The molecule has 0 amide bonds. The Labute approximate surface area is 296 Å².